The molecule has 1 aliphatic carbocycles. The number of ether oxygens (including phenoxy) is 1. The fourth-order valence-corrected chi connectivity index (χ4v) is 3.33. The third-order valence-electron chi connectivity index (χ3n) is 5.20. The van der Waals surface area contributed by atoms with Crippen molar-refractivity contribution >= 4 is 11.8 Å². The number of amides is 2. The summed E-state index contributed by atoms with van der Waals surface area (Å²) < 4.78 is 24.6. The molecule has 3 aromatic rings. The molecule has 1 fully saturated rings. The molecular weight excluding hydrogens is 411 g/mol. The number of rotatable bonds is 9. The Morgan fingerprint density at radius 3 is 2.56 bits per heavy atom. The summed E-state index contributed by atoms with van der Waals surface area (Å²) >= 11 is 0. The molecule has 0 radical (unpaired) electrons. The second kappa shape index (κ2) is 9.68. The van der Waals surface area contributed by atoms with Gasteiger partial charge in [0.25, 0.3) is 11.8 Å². The van der Waals surface area contributed by atoms with E-state index in [9.17, 15) is 14.0 Å². The molecule has 32 heavy (non-hydrogen) atoms. The van der Waals surface area contributed by atoms with Gasteiger partial charge in [0.1, 0.15) is 17.3 Å². The van der Waals surface area contributed by atoms with E-state index in [0.717, 1.165) is 18.4 Å². The topological polar surface area (TPSA) is 71.8 Å². The Morgan fingerprint density at radius 1 is 1.12 bits per heavy atom. The number of furan rings is 1. The Hall–Kier alpha value is -3.61. The highest BCUT2D eigenvalue weighted by atomic mass is 19.1. The molecule has 1 aliphatic rings. The summed E-state index contributed by atoms with van der Waals surface area (Å²) in [6, 6.07) is 16.7. The zero-order valence-electron chi connectivity index (χ0n) is 17.8. The third kappa shape index (κ3) is 5.75. The first kappa shape index (κ1) is 21.6. The first-order chi connectivity index (χ1) is 15.5. The molecule has 1 aromatic heterocycles. The van der Waals surface area contributed by atoms with Crippen LogP contribution in [0.25, 0.3) is 0 Å². The van der Waals surface area contributed by atoms with E-state index in [-0.39, 0.29) is 24.1 Å². The van der Waals surface area contributed by atoms with Crippen molar-refractivity contribution in [2.45, 2.75) is 45.0 Å². The van der Waals surface area contributed by atoms with Gasteiger partial charge < -0.3 is 19.4 Å². The Bertz CT molecular complexity index is 1060. The first-order valence-corrected chi connectivity index (χ1v) is 10.6. The number of benzene rings is 2. The fourth-order valence-electron chi connectivity index (χ4n) is 3.33. The molecule has 1 saturated carbocycles. The predicted octanol–water partition coefficient (Wildman–Crippen LogP) is 4.31. The van der Waals surface area contributed by atoms with Crippen LogP contribution in [0.1, 0.15) is 41.4 Å². The molecular formula is C25H25FN2O4. The Balaban J connectivity index is 1.45. The van der Waals surface area contributed by atoms with E-state index >= 15 is 0 Å². The summed E-state index contributed by atoms with van der Waals surface area (Å²) in [5.74, 6) is 0.146. The van der Waals surface area contributed by atoms with Crippen molar-refractivity contribution in [2.24, 2.45) is 0 Å². The van der Waals surface area contributed by atoms with Crippen molar-refractivity contribution < 1.29 is 23.1 Å². The zero-order chi connectivity index (χ0) is 22.5. The average Bonchev–Trinajstić information content (AvgIpc) is 3.44. The quantitative estimate of drug-likeness (QED) is 0.543. The van der Waals surface area contributed by atoms with E-state index in [4.69, 9.17) is 9.15 Å². The van der Waals surface area contributed by atoms with Crippen molar-refractivity contribution in [1.29, 1.82) is 0 Å². The first-order valence-electron chi connectivity index (χ1n) is 10.6. The molecule has 1 N–H and O–H groups in total. The highest BCUT2D eigenvalue weighted by Crippen LogP contribution is 2.20. The van der Waals surface area contributed by atoms with Crippen LogP contribution in [0.3, 0.4) is 0 Å². The summed E-state index contributed by atoms with van der Waals surface area (Å²) in [5, 5.41) is 2.96. The van der Waals surface area contributed by atoms with Crippen LogP contribution in [0, 0.1) is 5.82 Å². The number of hydrogen-bond donors (Lipinski definition) is 1. The van der Waals surface area contributed by atoms with Gasteiger partial charge in [0.05, 0.1) is 12.8 Å². The van der Waals surface area contributed by atoms with Gasteiger partial charge in [0.15, 0.2) is 6.10 Å². The lowest BCUT2D eigenvalue weighted by Gasteiger charge is -2.25. The minimum atomic E-state index is -0.824. The summed E-state index contributed by atoms with van der Waals surface area (Å²) in [5.41, 5.74) is 1.46. The van der Waals surface area contributed by atoms with Crippen molar-refractivity contribution in [3.63, 3.8) is 0 Å². The van der Waals surface area contributed by atoms with Gasteiger partial charge in [-0.3, -0.25) is 9.59 Å². The highest BCUT2D eigenvalue weighted by molar-refractivity contribution is 5.94. The smallest absolute Gasteiger partial charge is 0.264 e. The summed E-state index contributed by atoms with van der Waals surface area (Å²) in [7, 11) is 0. The van der Waals surface area contributed by atoms with Crippen LogP contribution in [-0.2, 0) is 17.9 Å². The normalized spacial score (nSPS) is 13.9. The lowest BCUT2D eigenvalue weighted by Crippen LogP contribution is -2.39. The second-order valence-electron chi connectivity index (χ2n) is 7.94. The molecule has 0 spiro atoms. The molecule has 0 bridgehead atoms. The van der Waals surface area contributed by atoms with Gasteiger partial charge in [-0.2, -0.15) is 0 Å². The maximum atomic E-state index is 13.5. The lowest BCUT2D eigenvalue weighted by atomic mass is 10.1. The number of carbonyl (C=O) groups is 2. The van der Waals surface area contributed by atoms with Gasteiger partial charge in [-0.05, 0) is 61.7 Å². The molecule has 1 heterocycles. The van der Waals surface area contributed by atoms with Gasteiger partial charge in [-0.1, -0.05) is 18.2 Å². The van der Waals surface area contributed by atoms with Gasteiger partial charge in [0.2, 0.25) is 0 Å². The van der Waals surface area contributed by atoms with Crippen LogP contribution >= 0.6 is 0 Å². The predicted molar refractivity (Wildman–Crippen MR) is 116 cm³/mol. The van der Waals surface area contributed by atoms with Crippen molar-refractivity contribution in [3.8, 4) is 5.75 Å². The molecule has 1 atom stereocenters. The monoisotopic (exact) mass is 436 g/mol. The highest BCUT2D eigenvalue weighted by Gasteiger charge is 2.25. The molecule has 7 heteroatoms. The Labute approximate surface area is 186 Å². The molecule has 166 valence electrons. The van der Waals surface area contributed by atoms with E-state index in [0.29, 0.717) is 23.9 Å². The second-order valence-corrected chi connectivity index (χ2v) is 7.94. The molecule has 2 amide bonds. The Morgan fingerprint density at radius 2 is 1.91 bits per heavy atom. The van der Waals surface area contributed by atoms with Gasteiger partial charge in [0, 0.05) is 24.2 Å². The molecule has 6 nitrogen and oxygen atoms in total. The van der Waals surface area contributed by atoms with Gasteiger partial charge in [-0.25, -0.2) is 4.39 Å². The largest absolute Gasteiger partial charge is 0.481 e. The van der Waals surface area contributed by atoms with Crippen molar-refractivity contribution in [1.82, 2.24) is 10.2 Å². The number of hydrogen-bond acceptors (Lipinski definition) is 4. The molecule has 1 unspecified atom stereocenters. The van der Waals surface area contributed by atoms with Crippen LogP contribution in [0.2, 0.25) is 0 Å². The number of carbonyl (C=O) groups excluding carboxylic acids is 2. The van der Waals surface area contributed by atoms with E-state index in [1.807, 2.05) is 12.1 Å². The average molecular weight is 436 g/mol. The summed E-state index contributed by atoms with van der Waals surface area (Å²) in [6.45, 7) is 2.20. The number of nitrogens with zero attached hydrogens (tertiary/aromatic N) is 1. The van der Waals surface area contributed by atoms with Gasteiger partial charge >= 0.3 is 0 Å². The van der Waals surface area contributed by atoms with E-state index in [1.54, 1.807) is 48.4 Å². The number of halogens is 1. The third-order valence-corrected chi connectivity index (χ3v) is 5.20. The van der Waals surface area contributed by atoms with Crippen molar-refractivity contribution in [2.75, 3.05) is 0 Å². The standard InChI is InChI=1S/C25H25FN2O4/c1-17(32-22-5-2-4-20(26)14-22)25(30)28(16-23-6-3-13-31-23)15-18-7-9-19(10-8-18)24(29)27-21-11-12-21/h2-10,13-14,17,21H,11-12,15-16H2,1H3,(H,27,29). The SMILES string of the molecule is CC(Oc1cccc(F)c1)C(=O)N(Cc1ccc(C(=O)NC2CC2)cc1)Cc1ccco1. The fraction of sp³-hybridized carbons (Fsp3) is 0.280. The van der Waals surface area contributed by atoms with E-state index in [1.165, 1.54) is 18.2 Å². The maximum absolute atomic E-state index is 13.5. The molecule has 0 saturated heterocycles. The lowest BCUT2D eigenvalue weighted by molar-refractivity contribution is -0.139. The number of nitrogens with one attached hydrogen (secondary N) is 1. The summed E-state index contributed by atoms with van der Waals surface area (Å²) in [4.78, 5) is 27.0. The van der Waals surface area contributed by atoms with Crippen molar-refractivity contribution in [3.05, 3.63) is 89.6 Å². The maximum Gasteiger partial charge on any atom is 0.264 e. The minimum Gasteiger partial charge on any atom is -0.481 e. The summed E-state index contributed by atoms with van der Waals surface area (Å²) in [6.07, 6.45) is 2.79. The van der Waals surface area contributed by atoms with E-state index in [2.05, 4.69) is 5.32 Å². The Kier molecular flexibility index (Phi) is 6.54. The molecule has 0 aliphatic heterocycles. The van der Waals surface area contributed by atoms with Gasteiger partial charge in [-0.15, -0.1) is 0 Å². The molecule has 2 aromatic carbocycles. The van der Waals surface area contributed by atoms with Crippen LogP contribution in [0.5, 0.6) is 5.75 Å². The molecule has 4 rings (SSSR count). The van der Waals surface area contributed by atoms with Crippen LogP contribution < -0.4 is 10.1 Å². The minimum absolute atomic E-state index is 0.0836. The van der Waals surface area contributed by atoms with Crippen LogP contribution in [0.4, 0.5) is 4.39 Å². The van der Waals surface area contributed by atoms with Crippen LogP contribution in [-0.4, -0.2) is 28.9 Å². The zero-order valence-corrected chi connectivity index (χ0v) is 17.8. The van der Waals surface area contributed by atoms with E-state index < -0.39 is 11.9 Å². The van der Waals surface area contributed by atoms with Crippen LogP contribution in [0.15, 0.2) is 71.3 Å².